The minimum Gasteiger partial charge on any atom is -0.456 e. The third-order valence-electron chi connectivity index (χ3n) is 8.95. The third-order valence-corrected chi connectivity index (χ3v) is 8.95. The fraction of sp³-hybridized carbons (Fsp3) is 0. The van der Waals surface area contributed by atoms with Crippen molar-refractivity contribution in [2.75, 3.05) is 4.90 Å². The van der Waals surface area contributed by atoms with Crippen molar-refractivity contribution in [3.05, 3.63) is 188 Å². The molecule has 0 amide bonds. The molecular formula is C46H31NO. The summed E-state index contributed by atoms with van der Waals surface area (Å²) in [6.45, 7) is 0. The van der Waals surface area contributed by atoms with Crippen molar-refractivity contribution in [3.63, 3.8) is 0 Å². The second-order valence-electron chi connectivity index (χ2n) is 11.8. The van der Waals surface area contributed by atoms with Gasteiger partial charge in [-0.2, -0.15) is 0 Å². The number of anilines is 3. The van der Waals surface area contributed by atoms with Crippen LogP contribution in [-0.4, -0.2) is 0 Å². The molecule has 0 aliphatic heterocycles. The van der Waals surface area contributed by atoms with Gasteiger partial charge in [-0.3, -0.25) is 0 Å². The van der Waals surface area contributed by atoms with E-state index in [1.807, 2.05) is 66.7 Å². The fourth-order valence-electron chi connectivity index (χ4n) is 6.69. The van der Waals surface area contributed by atoms with Crippen molar-refractivity contribution in [1.29, 1.82) is 0 Å². The molecular weight excluding hydrogens is 583 g/mol. The summed E-state index contributed by atoms with van der Waals surface area (Å²) in [6, 6.07) is 51.4. The highest BCUT2D eigenvalue weighted by atomic mass is 16.3. The first kappa shape index (κ1) is 23.0. The van der Waals surface area contributed by atoms with Crippen LogP contribution in [0.3, 0.4) is 0 Å². The zero-order valence-electron chi connectivity index (χ0n) is 30.9. The van der Waals surface area contributed by atoms with Crippen LogP contribution in [0.25, 0.3) is 66.1 Å². The Bertz CT molecular complexity index is 2830. The summed E-state index contributed by atoms with van der Waals surface area (Å²) >= 11 is 0. The number of furan rings is 1. The molecule has 0 aliphatic carbocycles. The molecule has 9 rings (SSSR count). The van der Waals surface area contributed by atoms with E-state index in [0.29, 0.717) is 11.3 Å². The van der Waals surface area contributed by atoms with E-state index in [4.69, 9.17) is 11.3 Å². The molecule has 0 unspecified atom stereocenters. The average Bonchev–Trinajstić information content (AvgIpc) is 3.58. The van der Waals surface area contributed by atoms with Gasteiger partial charge in [0.05, 0.1) is 12.5 Å². The zero-order valence-corrected chi connectivity index (χ0v) is 25.9. The normalized spacial score (nSPS) is 12.8. The Morgan fingerprint density at radius 2 is 1.08 bits per heavy atom. The molecule has 0 radical (unpaired) electrons. The molecule has 0 fully saturated rings. The van der Waals surface area contributed by atoms with Crippen LogP contribution >= 0.6 is 0 Å². The summed E-state index contributed by atoms with van der Waals surface area (Å²) in [4.78, 5) is 2.10. The van der Waals surface area contributed by atoms with Gasteiger partial charge in [0.25, 0.3) is 0 Å². The van der Waals surface area contributed by atoms with Crippen LogP contribution in [0.4, 0.5) is 17.1 Å². The van der Waals surface area contributed by atoms with E-state index in [2.05, 4.69) is 95.9 Å². The quantitative estimate of drug-likeness (QED) is 0.184. The Kier molecular flexibility index (Phi) is 5.64. The highest BCUT2D eigenvalue weighted by Crippen LogP contribution is 2.43. The minimum atomic E-state index is -0.419. The molecule has 1 aromatic heterocycles. The second kappa shape index (κ2) is 11.8. The predicted octanol–water partition coefficient (Wildman–Crippen LogP) is 13.2. The van der Waals surface area contributed by atoms with Crippen molar-refractivity contribution in [2.45, 2.75) is 0 Å². The average molecular weight is 619 g/mol. The minimum absolute atomic E-state index is 0.150. The van der Waals surface area contributed by atoms with E-state index in [-0.39, 0.29) is 29.7 Å². The number of rotatable bonds is 6. The van der Waals surface area contributed by atoms with Crippen LogP contribution in [0.15, 0.2) is 192 Å². The number of hydrogen-bond acceptors (Lipinski definition) is 2. The molecule has 0 N–H and O–H groups in total. The maximum absolute atomic E-state index is 8.87. The van der Waals surface area contributed by atoms with E-state index in [1.165, 1.54) is 10.8 Å². The van der Waals surface area contributed by atoms with E-state index < -0.39 is 6.04 Å². The number of fused-ring (bicyclic) bond motifs is 4. The molecule has 48 heavy (non-hydrogen) atoms. The lowest BCUT2D eigenvalue weighted by molar-refractivity contribution is 0.669. The number of para-hydroxylation sites is 2. The third kappa shape index (κ3) is 4.92. The first-order chi connectivity index (χ1) is 25.9. The molecule has 1 heterocycles. The molecule has 2 heteroatoms. The van der Waals surface area contributed by atoms with Gasteiger partial charge in [0.2, 0.25) is 0 Å². The van der Waals surface area contributed by atoms with Crippen LogP contribution < -0.4 is 4.90 Å². The highest BCUT2D eigenvalue weighted by Gasteiger charge is 2.18. The molecule has 0 bridgehead atoms. The summed E-state index contributed by atoms with van der Waals surface area (Å²) in [5, 5.41) is 4.43. The lowest BCUT2D eigenvalue weighted by Gasteiger charge is -2.28. The van der Waals surface area contributed by atoms with Crippen molar-refractivity contribution in [2.24, 2.45) is 0 Å². The molecule has 0 atom stereocenters. The summed E-state index contributed by atoms with van der Waals surface area (Å²) in [5.74, 6) is 0. The first-order valence-electron chi connectivity index (χ1n) is 18.4. The van der Waals surface area contributed by atoms with Crippen LogP contribution in [0.2, 0.25) is 0 Å². The van der Waals surface area contributed by atoms with Gasteiger partial charge in [-0.15, -0.1) is 0 Å². The summed E-state index contributed by atoms with van der Waals surface area (Å²) in [6.07, 6.45) is 0. The Labute approximate surface area is 286 Å². The molecule has 0 spiro atoms. The second-order valence-corrected chi connectivity index (χ2v) is 11.8. The highest BCUT2D eigenvalue weighted by molar-refractivity contribution is 6.06. The maximum atomic E-state index is 8.87. The smallest absolute Gasteiger partial charge is 0.135 e. The van der Waals surface area contributed by atoms with Crippen LogP contribution in [-0.2, 0) is 0 Å². The molecule has 0 saturated heterocycles. The van der Waals surface area contributed by atoms with Gasteiger partial charge in [-0.1, -0.05) is 139 Å². The Balaban J connectivity index is 1.23. The van der Waals surface area contributed by atoms with Gasteiger partial charge in [-0.05, 0) is 87.1 Å². The van der Waals surface area contributed by atoms with Crippen molar-refractivity contribution < 1.29 is 11.3 Å². The van der Waals surface area contributed by atoms with Crippen LogP contribution in [0, 0.1) is 0 Å². The lowest BCUT2D eigenvalue weighted by Crippen LogP contribution is -2.11. The summed E-state index contributed by atoms with van der Waals surface area (Å²) in [7, 11) is 0. The monoisotopic (exact) mass is 618 g/mol. The standard InChI is InChI=1S/C46H31NO/c1-2-12-33(13-3-1)41-19-6-8-22-44(41)47(37-27-24-34(25-28-37)40-21-11-15-32-14-4-5-18-39(32)40)38-17-10-16-35(30-38)36-26-29-46-43(31-36)42-20-7-9-23-45(42)48-46/h1-31H/i1D,2D,3D,12D,13D. The maximum Gasteiger partial charge on any atom is 0.135 e. The van der Waals surface area contributed by atoms with Crippen molar-refractivity contribution in [1.82, 2.24) is 0 Å². The first-order valence-corrected chi connectivity index (χ1v) is 15.9. The molecule has 0 saturated carbocycles. The van der Waals surface area contributed by atoms with Gasteiger partial charge >= 0.3 is 0 Å². The summed E-state index contributed by atoms with van der Waals surface area (Å²) < 4.78 is 49.0. The molecule has 9 aromatic rings. The van der Waals surface area contributed by atoms with Crippen molar-refractivity contribution in [3.8, 4) is 33.4 Å². The van der Waals surface area contributed by atoms with Crippen LogP contribution in [0.5, 0.6) is 0 Å². The number of nitrogens with zero attached hydrogens (tertiary/aromatic N) is 1. The van der Waals surface area contributed by atoms with E-state index in [1.54, 1.807) is 0 Å². The van der Waals surface area contributed by atoms with Gasteiger partial charge in [0.1, 0.15) is 11.2 Å². The number of benzene rings is 8. The zero-order chi connectivity index (χ0) is 36.2. The molecule has 2 nitrogen and oxygen atoms in total. The van der Waals surface area contributed by atoms with Gasteiger partial charge < -0.3 is 9.32 Å². The predicted molar refractivity (Wildman–Crippen MR) is 202 cm³/mol. The Hall–Kier alpha value is -6.38. The molecule has 0 aliphatic rings. The van der Waals surface area contributed by atoms with Gasteiger partial charge in [0.15, 0.2) is 0 Å². The fourth-order valence-corrected chi connectivity index (χ4v) is 6.69. The SMILES string of the molecule is [2H]c1c([2H])c([2H])c(-c2ccccc2N(c2ccc(-c3cccc4ccccc34)cc2)c2cccc(-c3ccc4oc5ccccc5c4c3)c2)c([2H])c1[2H]. The largest absolute Gasteiger partial charge is 0.456 e. The molecule has 8 aromatic carbocycles. The number of hydrogen-bond donors (Lipinski definition) is 0. The summed E-state index contributed by atoms with van der Waals surface area (Å²) in [5.41, 5.74) is 8.93. The Morgan fingerprint density at radius 1 is 0.417 bits per heavy atom. The van der Waals surface area contributed by atoms with E-state index in [9.17, 15) is 0 Å². The molecule has 226 valence electrons. The van der Waals surface area contributed by atoms with Crippen molar-refractivity contribution >= 4 is 49.8 Å². The van der Waals surface area contributed by atoms with Gasteiger partial charge in [-0.25, -0.2) is 0 Å². The van der Waals surface area contributed by atoms with E-state index in [0.717, 1.165) is 55.6 Å². The Morgan fingerprint density at radius 3 is 1.98 bits per heavy atom. The van der Waals surface area contributed by atoms with E-state index >= 15 is 0 Å². The van der Waals surface area contributed by atoms with Crippen LogP contribution in [0.1, 0.15) is 6.85 Å². The topological polar surface area (TPSA) is 16.4 Å². The van der Waals surface area contributed by atoms with Gasteiger partial charge in [0, 0.05) is 27.7 Å². The lowest BCUT2D eigenvalue weighted by atomic mass is 9.97.